The van der Waals surface area contributed by atoms with Crippen LogP contribution < -0.4 is 10.6 Å². The molecule has 0 saturated carbocycles. The van der Waals surface area contributed by atoms with Crippen molar-refractivity contribution < 1.29 is 4.74 Å². The molecule has 1 atom stereocenters. The molecule has 0 radical (unpaired) electrons. The molecule has 0 aromatic heterocycles. The standard InChI is InChI=1S/C12H15N3O/c1-15(10-5-6-16-8-10)11-4-2-3-9(7-13)12(11)14/h2-4,10H,5-6,8,14H2,1H3. The predicted molar refractivity (Wildman–Crippen MR) is 63.2 cm³/mol. The zero-order chi connectivity index (χ0) is 11.5. The normalized spacial score (nSPS) is 19.4. The molecular formula is C12H15N3O. The van der Waals surface area contributed by atoms with Crippen molar-refractivity contribution in [3.63, 3.8) is 0 Å². The van der Waals surface area contributed by atoms with Gasteiger partial charge in [0.25, 0.3) is 0 Å². The van der Waals surface area contributed by atoms with E-state index in [0.29, 0.717) is 17.3 Å². The second kappa shape index (κ2) is 4.42. The fraction of sp³-hybridized carbons (Fsp3) is 0.417. The number of likely N-dealkylation sites (N-methyl/N-ethyl adjacent to an activating group) is 1. The van der Waals surface area contributed by atoms with Crippen molar-refractivity contribution in [2.75, 3.05) is 30.9 Å². The van der Waals surface area contributed by atoms with Crippen LogP contribution in [0.3, 0.4) is 0 Å². The molecule has 1 heterocycles. The van der Waals surface area contributed by atoms with Gasteiger partial charge in [-0.2, -0.15) is 5.26 Å². The number of benzene rings is 1. The minimum atomic E-state index is 0.358. The highest BCUT2D eigenvalue weighted by Gasteiger charge is 2.22. The van der Waals surface area contributed by atoms with Gasteiger partial charge in [0.1, 0.15) is 6.07 Å². The monoisotopic (exact) mass is 217 g/mol. The van der Waals surface area contributed by atoms with Crippen LogP contribution in [0.5, 0.6) is 0 Å². The van der Waals surface area contributed by atoms with E-state index >= 15 is 0 Å². The predicted octanol–water partition coefficient (Wildman–Crippen LogP) is 1.37. The van der Waals surface area contributed by atoms with Crippen LogP contribution in [0, 0.1) is 11.3 Å². The van der Waals surface area contributed by atoms with E-state index in [4.69, 9.17) is 15.7 Å². The van der Waals surface area contributed by atoms with Crippen molar-refractivity contribution >= 4 is 11.4 Å². The lowest BCUT2D eigenvalue weighted by Gasteiger charge is -2.26. The number of anilines is 2. The van der Waals surface area contributed by atoms with Gasteiger partial charge in [-0.05, 0) is 18.6 Å². The molecule has 1 unspecified atom stereocenters. The number of nitrogens with two attached hydrogens (primary N) is 1. The van der Waals surface area contributed by atoms with E-state index in [0.717, 1.165) is 25.3 Å². The third-order valence-electron chi connectivity index (χ3n) is 3.04. The third-order valence-corrected chi connectivity index (χ3v) is 3.04. The van der Waals surface area contributed by atoms with E-state index in [9.17, 15) is 0 Å². The molecule has 1 aromatic rings. The summed E-state index contributed by atoms with van der Waals surface area (Å²) in [5.41, 5.74) is 7.95. The summed E-state index contributed by atoms with van der Waals surface area (Å²) in [6.07, 6.45) is 1.01. The number of hydrogen-bond acceptors (Lipinski definition) is 4. The maximum absolute atomic E-state index is 8.92. The molecule has 0 bridgehead atoms. The number of rotatable bonds is 2. The molecule has 1 aliphatic heterocycles. The van der Waals surface area contributed by atoms with Crippen LogP contribution in [0.2, 0.25) is 0 Å². The number of ether oxygens (including phenoxy) is 1. The Hall–Kier alpha value is -1.73. The van der Waals surface area contributed by atoms with Crippen molar-refractivity contribution in [2.45, 2.75) is 12.5 Å². The number of nitriles is 1. The molecule has 0 amide bonds. The Labute approximate surface area is 95.2 Å². The Balaban J connectivity index is 2.29. The average molecular weight is 217 g/mol. The molecule has 0 spiro atoms. The minimum Gasteiger partial charge on any atom is -0.396 e. The van der Waals surface area contributed by atoms with Gasteiger partial charge in [0, 0.05) is 13.7 Å². The largest absolute Gasteiger partial charge is 0.396 e. The van der Waals surface area contributed by atoms with Crippen LogP contribution in [-0.2, 0) is 4.74 Å². The Bertz CT molecular complexity index is 419. The van der Waals surface area contributed by atoms with Crippen LogP contribution in [0.25, 0.3) is 0 Å². The summed E-state index contributed by atoms with van der Waals surface area (Å²) in [6, 6.07) is 7.99. The maximum Gasteiger partial charge on any atom is 0.101 e. The van der Waals surface area contributed by atoms with Crippen LogP contribution in [0.1, 0.15) is 12.0 Å². The van der Waals surface area contributed by atoms with Crippen LogP contribution in [-0.4, -0.2) is 26.3 Å². The summed E-state index contributed by atoms with van der Waals surface area (Å²) >= 11 is 0. The molecule has 2 N–H and O–H groups in total. The molecule has 84 valence electrons. The van der Waals surface area contributed by atoms with Gasteiger partial charge in [-0.15, -0.1) is 0 Å². The molecule has 4 heteroatoms. The molecule has 1 saturated heterocycles. The smallest absolute Gasteiger partial charge is 0.101 e. The molecular weight excluding hydrogens is 202 g/mol. The summed E-state index contributed by atoms with van der Waals surface area (Å²) < 4.78 is 5.35. The van der Waals surface area contributed by atoms with Crippen LogP contribution >= 0.6 is 0 Å². The molecule has 0 aliphatic carbocycles. The first kappa shape index (κ1) is 10.8. The van der Waals surface area contributed by atoms with Gasteiger partial charge in [0.15, 0.2) is 0 Å². The van der Waals surface area contributed by atoms with Crippen molar-refractivity contribution in [3.05, 3.63) is 23.8 Å². The minimum absolute atomic E-state index is 0.358. The highest BCUT2D eigenvalue weighted by atomic mass is 16.5. The van der Waals surface area contributed by atoms with Gasteiger partial charge in [-0.3, -0.25) is 0 Å². The topological polar surface area (TPSA) is 62.3 Å². The number of para-hydroxylation sites is 1. The average Bonchev–Trinajstić information content (AvgIpc) is 2.82. The summed E-state index contributed by atoms with van der Waals surface area (Å²) in [5.74, 6) is 0. The van der Waals surface area contributed by atoms with E-state index in [2.05, 4.69) is 11.0 Å². The van der Waals surface area contributed by atoms with Crippen molar-refractivity contribution in [2.24, 2.45) is 0 Å². The van der Waals surface area contributed by atoms with E-state index < -0.39 is 0 Å². The van der Waals surface area contributed by atoms with Crippen molar-refractivity contribution in [1.82, 2.24) is 0 Å². The number of nitrogens with zero attached hydrogens (tertiary/aromatic N) is 2. The van der Waals surface area contributed by atoms with E-state index in [1.165, 1.54) is 0 Å². The lowest BCUT2D eigenvalue weighted by molar-refractivity contribution is 0.193. The van der Waals surface area contributed by atoms with E-state index in [1.807, 2.05) is 19.2 Å². The zero-order valence-electron chi connectivity index (χ0n) is 9.31. The van der Waals surface area contributed by atoms with E-state index in [1.54, 1.807) is 6.07 Å². The lowest BCUT2D eigenvalue weighted by Crippen LogP contribution is -2.32. The van der Waals surface area contributed by atoms with Gasteiger partial charge in [0.2, 0.25) is 0 Å². The Morgan fingerprint density at radius 2 is 2.38 bits per heavy atom. The first-order chi connectivity index (χ1) is 7.74. The highest BCUT2D eigenvalue weighted by Crippen LogP contribution is 2.28. The summed E-state index contributed by atoms with van der Waals surface area (Å²) in [5, 5.41) is 8.92. The van der Waals surface area contributed by atoms with Crippen LogP contribution in [0.15, 0.2) is 18.2 Å². The quantitative estimate of drug-likeness (QED) is 0.760. The third kappa shape index (κ3) is 1.82. The molecule has 1 aromatic carbocycles. The summed E-state index contributed by atoms with van der Waals surface area (Å²) in [4.78, 5) is 2.10. The summed E-state index contributed by atoms with van der Waals surface area (Å²) in [7, 11) is 1.99. The fourth-order valence-electron chi connectivity index (χ4n) is 1.98. The second-order valence-corrected chi connectivity index (χ2v) is 3.98. The highest BCUT2D eigenvalue weighted by molar-refractivity contribution is 5.74. The van der Waals surface area contributed by atoms with Gasteiger partial charge < -0.3 is 15.4 Å². The van der Waals surface area contributed by atoms with Gasteiger partial charge in [0.05, 0.1) is 29.6 Å². The van der Waals surface area contributed by atoms with Gasteiger partial charge in [-0.25, -0.2) is 0 Å². The Kier molecular flexibility index (Phi) is 2.97. The number of nitrogen functional groups attached to an aromatic ring is 1. The first-order valence-electron chi connectivity index (χ1n) is 5.33. The fourth-order valence-corrected chi connectivity index (χ4v) is 1.98. The molecule has 2 rings (SSSR count). The van der Waals surface area contributed by atoms with E-state index in [-0.39, 0.29) is 0 Å². The molecule has 1 fully saturated rings. The lowest BCUT2D eigenvalue weighted by atomic mass is 10.1. The zero-order valence-corrected chi connectivity index (χ0v) is 9.31. The van der Waals surface area contributed by atoms with Gasteiger partial charge >= 0.3 is 0 Å². The number of hydrogen-bond donors (Lipinski definition) is 1. The molecule has 4 nitrogen and oxygen atoms in total. The first-order valence-corrected chi connectivity index (χ1v) is 5.33. The molecule has 16 heavy (non-hydrogen) atoms. The SMILES string of the molecule is CN(c1cccc(C#N)c1N)C1CCOC1. The van der Waals surface area contributed by atoms with Crippen molar-refractivity contribution in [3.8, 4) is 6.07 Å². The van der Waals surface area contributed by atoms with Crippen molar-refractivity contribution in [1.29, 1.82) is 5.26 Å². The summed E-state index contributed by atoms with van der Waals surface area (Å²) in [6.45, 7) is 1.53. The Morgan fingerprint density at radius 3 is 3.00 bits per heavy atom. The maximum atomic E-state index is 8.92. The second-order valence-electron chi connectivity index (χ2n) is 3.98. The van der Waals surface area contributed by atoms with Gasteiger partial charge in [-0.1, -0.05) is 6.07 Å². The Morgan fingerprint density at radius 1 is 1.56 bits per heavy atom. The molecule has 1 aliphatic rings. The van der Waals surface area contributed by atoms with Crippen LogP contribution in [0.4, 0.5) is 11.4 Å².